The third-order valence-corrected chi connectivity index (χ3v) is 4.12. The van der Waals surface area contributed by atoms with Crippen molar-refractivity contribution in [1.82, 2.24) is 4.90 Å². The van der Waals surface area contributed by atoms with Crippen LogP contribution in [0.3, 0.4) is 0 Å². The number of nitrogens with zero attached hydrogens (tertiary/aromatic N) is 1. The Balaban J connectivity index is 2.29. The van der Waals surface area contributed by atoms with Crippen molar-refractivity contribution >= 4 is 5.91 Å². The molecule has 0 aliphatic heterocycles. The van der Waals surface area contributed by atoms with Gasteiger partial charge in [-0.3, -0.25) is 4.79 Å². The van der Waals surface area contributed by atoms with Crippen molar-refractivity contribution in [3.05, 3.63) is 23.8 Å². The third kappa shape index (κ3) is 4.55. The molecule has 1 aliphatic carbocycles. The smallest absolute Gasteiger partial charge is 0.406 e. The van der Waals surface area contributed by atoms with Gasteiger partial charge >= 0.3 is 6.18 Å². The first-order valence-electron chi connectivity index (χ1n) is 7.95. The molecule has 1 aliphatic rings. The lowest BCUT2D eigenvalue weighted by Crippen LogP contribution is -2.45. The average molecular weight is 345 g/mol. The van der Waals surface area contributed by atoms with Gasteiger partial charge in [-0.25, -0.2) is 0 Å². The fourth-order valence-corrected chi connectivity index (χ4v) is 2.67. The summed E-state index contributed by atoms with van der Waals surface area (Å²) >= 11 is 0. The number of halogens is 3. The van der Waals surface area contributed by atoms with Gasteiger partial charge in [-0.1, -0.05) is 0 Å². The summed E-state index contributed by atoms with van der Waals surface area (Å²) in [5, 5.41) is 0. The molecule has 134 valence electrons. The summed E-state index contributed by atoms with van der Waals surface area (Å²) < 4.78 is 49.3. The van der Waals surface area contributed by atoms with E-state index in [0.717, 1.165) is 17.7 Å². The Labute approximate surface area is 139 Å². The zero-order valence-electron chi connectivity index (χ0n) is 14.0. The van der Waals surface area contributed by atoms with Gasteiger partial charge in [-0.05, 0) is 50.8 Å². The van der Waals surface area contributed by atoms with Gasteiger partial charge in [0.2, 0.25) is 0 Å². The van der Waals surface area contributed by atoms with Crippen LogP contribution in [0, 0.1) is 5.92 Å². The molecule has 0 aromatic heterocycles. The number of rotatable bonds is 7. The SMILES string of the molecule is CCOc1cc(C(=O)N(CC(F)(F)F)[C@@H](C)C2CC2)ccc1OC. The molecule has 4 nitrogen and oxygen atoms in total. The van der Waals surface area contributed by atoms with E-state index >= 15 is 0 Å². The van der Waals surface area contributed by atoms with Crippen molar-refractivity contribution in [2.45, 2.75) is 38.9 Å². The number of hydrogen-bond acceptors (Lipinski definition) is 3. The zero-order valence-corrected chi connectivity index (χ0v) is 14.0. The molecule has 24 heavy (non-hydrogen) atoms. The van der Waals surface area contributed by atoms with E-state index in [2.05, 4.69) is 0 Å². The highest BCUT2D eigenvalue weighted by Gasteiger charge is 2.40. The van der Waals surface area contributed by atoms with Gasteiger partial charge in [-0.15, -0.1) is 0 Å². The van der Waals surface area contributed by atoms with Crippen LogP contribution in [0.15, 0.2) is 18.2 Å². The molecule has 0 heterocycles. The predicted octanol–water partition coefficient (Wildman–Crippen LogP) is 3.90. The van der Waals surface area contributed by atoms with Gasteiger partial charge < -0.3 is 14.4 Å². The summed E-state index contributed by atoms with van der Waals surface area (Å²) in [4.78, 5) is 13.6. The Hall–Kier alpha value is -1.92. The van der Waals surface area contributed by atoms with Gasteiger partial charge in [0.15, 0.2) is 11.5 Å². The molecule has 1 fully saturated rings. The molecule has 7 heteroatoms. The van der Waals surface area contributed by atoms with Crippen LogP contribution in [0.5, 0.6) is 11.5 Å². The quantitative estimate of drug-likeness (QED) is 0.752. The van der Waals surface area contributed by atoms with E-state index in [1.807, 2.05) is 0 Å². The van der Waals surface area contributed by atoms with Crippen LogP contribution in [0.4, 0.5) is 13.2 Å². The fraction of sp³-hybridized carbons (Fsp3) is 0.588. The van der Waals surface area contributed by atoms with E-state index in [9.17, 15) is 18.0 Å². The molecule has 0 unspecified atom stereocenters. The van der Waals surface area contributed by atoms with Crippen LogP contribution < -0.4 is 9.47 Å². The lowest BCUT2D eigenvalue weighted by molar-refractivity contribution is -0.144. The van der Waals surface area contributed by atoms with E-state index < -0.39 is 24.7 Å². The largest absolute Gasteiger partial charge is 0.493 e. The second kappa shape index (κ2) is 7.32. The maximum atomic E-state index is 12.9. The van der Waals surface area contributed by atoms with Crippen molar-refractivity contribution in [2.24, 2.45) is 5.92 Å². The van der Waals surface area contributed by atoms with Gasteiger partial charge in [0.1, 0.15) is 6.54 Å². The first-order valence-corrected chi connectivity index (χ1v) is 7.95. The number of amides is 1. The summed E-state index contributed by atoms with van der Waals surface area (Å²) in [6, 6.07) is 3.99. The van der Waals surface area contributed by atoms with Crippen LogP contribution in [-0.2, 0) is 0 Å². The number of hydrogen-bond donors (Lipinski definition) is 0. The highest BCUT2D eigenvalue weighted by atomic mass is 19.4. The molecule has 1 atom stereocenters. The first-order chi connectivity index (χ1) is 11.3. The highest BCUT2D eigenvalue weighted by Crippen LogP contribution is 2.37. The van der Waals surface area contributed by atoms with Crippen molar-refractivity contribution < 1.29 is 27.4 Å². The minimum Gasteiger partial charge on any atom is -0.493 e. The standard InChI is InChI=1S/C17H22F3NO3/c1-4-24-15-9-13(7-8-14(15)23-3)16(22)21(10-17(18,19)20)11(2)12-5-6-12/h7-9,11-12H,4-6,10H2,1-3H3/t11-/m0/s1. The predicted molar refractivity (Wildman–Crippen MR) is 83.4 cm³/mol. The van der Waals surface area contributed by atoms with Gasteiger partial charge in [0.25, 0.3) is 5.91 Å². The Morgan fingerprint density at radius 2 is 2.00 bits per heavy atom. The first kappa shape index (κ1) is 18.4. The highest BCUT2D eigenvalue weighted by molar-refractivity contribution is 5.95. The summed E-state index contributed by atoms with van der Waals surface area (Å²) in [5.74, 6) is 0.277. The number of carbonyl (C=O) groups is 1. The summed E-state index contributed by atoms with van der Waals surface area (Å²) in [6.07, 6.45) is -2.72. The Bertz CT molecular complexity index is 585. The molecular weight excluding hydrogens is 323 g/mol. The fourth-order valence-electron chi connectivity index (χ4n) is 2.67. The summed E-state index contributed by atoms with van der Waals surface area (Å²) in [6.45, 7) is 2.56. The monoisotopic (exact) mass is 345 g/mol. The number of benzene rings is 1. The maximum absolute atomic E-state index is 12.9. The average Bonchev–Trinajstić information content (AvgIpc) is 3.35. The number of alkyl halides is 3. The number of carbonyl (C=O) groups excluding carboxylic acids is 1. The Kier molecular flexibility index (Phi) is 5.62. The van der Waals surface area contributed by atoms with Crippen molar-refractivity contribution in [2.75, 3.05) is 20.3 Å². The lowest BCUT2D eigenvalue weighted by atomic mass is 10.1. The van der Waals surface area contributed by atoms with E-state index in [0.29, 0.717) is 18.1 Å². The molecule has 0 spiro atoms. The van der Waals surface area contributed by atoms with Crippen LogP contribution in [0.1, 0.15) is 37.0 Å². The minimum atomic E-state index is -4.44. The minimum absolute atomic E-state index is 0.140. The molecule has 1 saturated carbocycles. The van der Waals surface area contributed by atoms with E-state index in [4.69, 9.17) is 9.47 Å². The molecule has 1 aromatic carbocycles. The van der Waals surface area contributed by atoms with Crippen LogP contribution in [0.25, 0.3) is 0 Å². The molecule has 0 saturated heterocycles. The van der Waals surface area contributed by atoms with Crippen molar-refractivity contribution in [1.29, 1.82) is 0 Å². The van der Waals surface area contributed by atoms with Gasteiger partial charge in [0, 0.05) is 11.6 Å². The van der Waals surface area contributed by atoms with Gasteiger partial charge in [0.05, 0.1) is 13.7 Å². The second-order valence-electron chi connectivity index (χ2n) is 5.92. The summed E-state index contributed by atoms with van der Waals surface area (Å²) in [5.41, 5.74) is 0.163. The van der Waals surface area contributed by atoms with Crippen molar-refractivity contribution in [3.8, 4) is 11.5 Å². The van der Waals surface area contributed by atoms with E-state index in [1.165, 1.54) is 25.3 Å². The normalized spacial score (nSPS) is 15.8. The summed E-state index contributed by atoms with van der Waals surface area (Å²) in [7, 11) is 1.46. The molecule has 1 amide bonds. The van der Waals surface area contributed by atoms with E-state index in [1.54, 1.807) is 13.8 Å². The number of ether oxygens (including phenoxy) is 2. The molecule has 0 bridgehead atoms. The molecule has 1 aromatic rings. The molecular formula is C17H22F3NO3. The zero-order chi connectivity index (χ0) is 17.9. The Morgan fingerprint density at radius 3 is 2.50 bits per heavy atom. The van der Waals surface area contributed by atoms with E-state index in [-0.39, 0.29) is 11.5 Å². The van der Waals surface area contributed by atoms with Crippen LogP contribution in [0.2, 0.25) is 0 Å². The third-order valence-electron chi connectivity index (χ3n) is 4.12. The van der Waals surface area contributed by atoms with Crippen LogP contribution >= 0.6 is 0 Å². The molecule has 0 radical (unpaired) electrons. The molecule has 0 N–H and O–H groups in total. The second-order valence-corrected chi connectivity index (χ2v) is 5.92. The number of methoxy groups -OCH3 is 1. The van der Waals surface area contributed by atoms with Crippen molar-refractivity contribution in [3.63, 3.8) is 0 Å². The van der Waals surface area contributed by atoms with Gasteiger partial charge in [-0.2, -0.15) is 13.2 Å². The lowest BCUT2D eigenvalue weighted by Gasteiger charge is -2.30. The topological polar surface area (TPSA) is 38.8 Å². The Morgan fingerprint density at radius 1 is 1.33 bits per heavy atom. The maximum Gasteiger partial charge on any atom is 0.406 e. The van der Waals surface area contributed by atoms with Crippen LogP contribution in [-0.4, -0.2) is 43.3 Å². The molecule has 2 rings (SSSR count).